The molecule has 2 amide bonds. The Morgan fingerprint density at radius 3 is 2.68 bits per heavy atom. The fourth-order valence-electron chi connectivity index (χ4n) is 4.57. The molecule has 0 radical (unpaired) electrons. The average molecular weight is 347 g/mol. The zero-order valence-electron chi connectivity index (χ0n) is 15.6. The van der Waals surface area contributed by atoms with Crippen LogP contribution in [0.5, 0.6) is 0 Å². The number of nitrogens with one attached hydrogen (secondary N) is 2. The number of carbonyl (C=O) groups excluding carboxylic acids is 1. The van der Waals surface area contributed by atoms with Gasteiger partial charge in [0.05, 0.1) is 0 Å². The van der Waals surface area contributed by atoms with Gasteiger partial charge in [-0.2, -0.15) is 4.99 Å². The van der Waals surface area contributed by atoms with E-state index >= 15 is 0 Å². The third-order valence-corrected chi connectivity index (χ3v) is 6.06. The Labute approximate surface area is 152 Å². The van der Waals surface area contributed by atoms with Gasteiger partial charge in [-0.1, -0.05) is 31.8 Å². The minimum atomic E-state index is -0.182. The number of carbonyl (C=O) groups is 1. The Morgan fingerprint density at radius 2 is 1.96 bits per heavy atom. The summed E-state index contributed by atoms with van der Waals surface area (Å²) in [7, 11) is 0. The lowest BCUT2D eigenvalue weighted by atomic mass is 9.84. The molecule has 0 aromatic heterocycles. The van der Waals surface area contributed by atoms with E-state index in [1.165, 1.54) is 32.1 Å². The predicted molar refractivity (Wildman–Crippen MR) is 103 cm³/mol. The van der Waals surface area contributed by atoms with Crippen LogP contribution >= 0.6 is 0 Å². The summed E-state index contributed by atoms with van der Waals surface area (Å²) in [4.78, 5) is 19.3. The summed E-state index contributed by atoms with van der Waals surface area (Å²) in [6.45, 7) is 6.54. The largest absolute Gasteiger partial charge is 0.369 e. The molecule has 1 aliphatic carbocycles. The summed E-state index contributed by atoms with van der Waals surface area (Å²) in [5, 5.41) is 7.14. The molecule has 5 heteroatoms. The lowest BCUT2D eigenvalue weighted by molar-refractivity contribution is 0.144. The van der Waals surface area contributed by atoms with E-state index in [0.717, 1.165) is 64.0 Å². The van der Waals surface area contributed by atoms with Gasteiger partial charge in [0.1, 0.15) is 11.4 Å². The number of aliphatic imine (C=N–C) groups is 1. The Hall–Kier alpha value is -1.36. The van der Waals surface area contributed by atoms with Crippen molar-refractivity contribution in [3.8, 4) is 0 Å². The standard InChI is InChI=1S/C20H34N4O/c1-2-3-4-5-9-16-24-19(25)23-18(20(24)12-14-21-15-13-20)22-17-10-7-6-8-11-17/h2,17,21H,1,3-16H2,(H,22,23,25). The van der Waals surface area contributed by atoms with E-state index in [-0.39, 0.29) is 11.6 Å². The second-order valence-corrected chi connectivity index (χ2v) is 7.79. The van der Waals surface area contributed by atoms with Gasteiger partial charge in [0, 0.05) is 12.6 Å². The lowest BCUT2D eigenvalue weighted by Gasteiger charge is -2.43. The quantitative estimate of drug-likeness (QED) is 0.547. The van der Waals surface area contributed by atoms with Crippen molar-refractivity contribution in [2.45, 2.75) is 82.2 Å². The third-order valence-electron chi connectivity index (χ3n) is 6.06. The monoisotopic (exact) mass is 346 g/mol. The molecule has 3 rings (SSSR count). The number of hydrogen-bond acceptors (Lipinski definition) is 3. The number of hydrogen-bond donors (Lipinski definition) is 2. The van der Waals surface area contributed by atoms with Gasteiger partial charge in [0.25, 0.3) is 0 Å². The molecule has 140 valence electrons. The van der Waals surface area contributed by atoms with E-state index in [1.807, 2.05) is 6.08 Å². The minimum Gasteiger partial charge on any atom is -0.369 e. The smallest absolute Gasteiger partial charge is 0.346 e. The molecule has 0 aromatic rings. The SMILES string of the molecule is C=CCCCCCN1C(=O)N=C(NC2CCCCC2)C12CCNCC2. The summed E-state index contributed by atoms with van der Waals surface area (Å²) in [6, 6.07) is 0.475. The molecule has 2 fully saturated rings. The van der Waals surface area contributed by atoms with E-state index < -0.39 is 0 Å². The van der Waals surface area contributed by atoms with Gasteiger partial charge >= 0.3 is 6.03 Å². The van der Waals surface area contributed by atoms with E-state index in [4.69, 9.17) is 0 Å². The molecule has 1 spiro atoms. The van der Waals surface area contributed by atoms with Crippen LogP contribution in [0.3, 0.4) is 0 Å². The molecule has 2 N–H and O–H groups in total. The van der Waals surface area contributed by atoms with Crippen LogP contribution in [-0.2, 0) is 0 Å². The van der Waals surface area contributed by atoms with Gasteiger partial charge in [-0.15, -0.1) is 6.58 Å². The van der Waals surface area contributed by atoms with Crippen molar-refractivity contribution in [3.63, 3.8) is 0 Å². The van der Waals surface area contributed by atoms with Crippen molar-refractivity contribution in [2.75, 3.05) is 19.6 Å². The van der Waals surface area contributed by atoms with Crippen LogP contribution in [0.25, 0.3) is 0 Å². The van der Waals surface area contributed by atoms with Gasteiger partial charge in [-0.25, -0.2) is 4.79 Å². The molecule has 25 heavy (non-hydrogen) atoms. The van der Waals surface area contributed by atoms with Crippen LogP contribution in [0.4, 0.5) is 4.79 Å². The highest BCUT2D eigenvalue weighted by atomic mass is 16.2. The number of piperidine rings is 1. The van der Waals surface area contributed by atoms with Crippen molar-refractivity contribution in [3.05, 3.63) is 12.7 Å². The van der Waals surface area contributed by atoms with Gasteiger partial charge in [0.2, 0.25) is 0 Å². The highest BCUT2D eigenvalue weighted by molar-refractivity contribution is 6.06. The predicted octanol–water partition coefficient (Wildman–Crippen LogP) is 3.61. The number of allylic oxidation sites excluding steroid dienone is 1. The third kappa shape index (κ3) is 4.25. The Kier molecular flexibility index (Phi) is 6.51. The summed E-state index contributed by atoms with van der Waals surface area (Å²) >= 11 is 0. The van der Waals surface area contributed by atoms with Crippen LogP contribution in [0, 0.1) is 0 Å². The lowest BCUT2D eigenvalue weighted by Crippen LogP contribution is -2.61. The molecule has 2 heterocycles. The Bertz CT molecular complexity index is 490. The molecular weight excluding hydrogens is 312 g/mol. The molecule has 5 nitrogen and oxygen atoms in total. The van der Waals surface area contributed by atoms with E-state index in [1.54, 1.807) is 0 Å². The Balaban J connectivity index is 1.65. The maximum absolute atomic E-state index is 12.7. The van der Waals surface area contributed by atoms with Crippen molar-refractivity contribution in [1.29, 1.82) is 0 Å². The first-order valence-corrected chi connectivity index (χ1v) is 10.3. The number of amidine groups is 1. The van der Waals surface area contributed by atoms with Gasteiger partial charge in [-0.3, -0.25) is 0 Å². The highest BCUT2D eigenvalue weighted by Crippen LogP contribution is 2.34. The van der Waals surface area contributed by atoms with Crippen molar-refractivity contribution >= 4 is 11.9 Å². The van der Waals surface area contributed by atoms with Crippen molar-refractivity contribution in [2.24, 2.45) is 4.99 Å². The molecule has 1 saturated heterocycles. The maximum atomic E-state index is 12.7. The van der Waals surface area contributed by atoms with Gasteiger partial charge < -0.3 is 15.5 Å². The molecule has 0 bridgehead atoms. The fraction of sp³-hybridized carbons (Fsp3) is 0.800. The summed E-state index contributed by atoms with van der Waals surface area (Å²) in [6.07, 6.45) is 14.7. The maximum Gasteiger partial charge on any atom is 0.346 e. The second kappa shape index (κ2) is 8.84. The zero-order valence-corrected chi connectivity index (χ0v) is 15.6. The van der Waals surface area contributed by atoms with Crippen LogP contribution < -0.4 is 10.6 Å². The van der Waals surface area contributed by atoms with Crippen LogP contribution in [0.15, 0.2) is 17.6 Å². The molecule has 3 aliphatic rings. The second-order valence-electron chi connectivity index (χ2n) is 7.79. The summed E-state index contributed by atoms with van der Waals surface area (Å²) in [5.74, 6) is 0.969. The first kappa shape index (κ1) is 18.4. The molecule has 0 unspecified atom stereocenters. The first-order chi connectivity index (χ1) is 12.3. The normalized spacial score (nSPS) is 23.8. The van der Waals surface area contributed by atoms with Gasteiger partial charge in [-0.05, 0) is 58.0 Å². The number of urea groups is 1. The number of nitrogens with zero attached hydrogens (tertiary/aromatic N) is 2. The molecule has 0 atom stereocenters. The van der Waals surface area contributed by atoms with Crippen LogP contribution in [-0.4, -0.2) is 48.0 Å². The van der Waals surface area contributed by atoms with E-state index in [9.17, 15) is 4.79 Å². The van der Waals surface area contributed by atoms with Crippen molar-refractivity contribution in [1.82, 2.24) is 15.5 Å². The topological polar surface area (TPSA) is 56.7 Å². The molecular formula is C20H34N4O. The molecule has 2 aliphatic heterocycles. The van der Waals surface area contributed by atoms with Gasteiger partial charge in [0.15, 0.2) is 0 Å². The van der Waals surface area contributed by atoms with E-state index in [2.05, 4.69) is 27.1 Å². The number of unbranched alkanes of at least 4 members (excludes halogenated alkanes) is 3. The van der Waals surface area contributed by atoms with Crippen molar-refractivity contribution < 1.29 is 4.79 Å². The molecule has 1 saturated carbocycles. The van der Waals surface area contributed by atoms with Crippen LogP contribution in [0.2, 0.25) is 0 Å². The number of amides is 2. The summed E-state index contributed by atoms with van der Waals surface area (Å²) < 4.78 is 0. The summed E-state index contributed by atoms with van der Waals surface area (Å²) in [5.41, 5.74) is -0.182. The highest BCUT2D eigenvalue weighted by Gasteiger charge is 2.50. The average Bonchev–Trinajstić information content (AvgIpc) is 2.88. The van der Waals surface area contributed by atoms with Crippen LogP contribution in [0.1, 0.15) is 70.6 Å². The zero-order chi connectivity index (χ0) is 17.5. The fourth-order valence-corrected chi connectivity index (χ4v) is 4.57. The first-order valence-electron chi connectivity index (χ1n) is 10.3. The molecule has 0 aromatic carbocycles. The number of rotatable bonds is 7. The Morgan fingerprint density at radius 1 is 1.20 bits per heavy atom. The van der Waals surface area contributed by atoms with E-state index in [0.29, 0.717) is 6.04 Å². The minimum absolute atomic E-state index is 0.0241.